The van der Waals surface area contributed by atoms with Crippen molar-refractivity contribution in [3.8, 4) is 0 Å². The number of halogens is 2. The number of hydrogen-bond donors (Lipinski definition) is 1. The van der Waals surface area contributed by atoms with Gasteiger partial charge in [0.05, 0.1) is 11.9 Å². The van der Waals surface area contributed by atoms with E-state index in [-0.39, 0.29) is 5.91 Å². The van der Waals surface area contributed by atoms with Crippen molar-refractivity contribution in [2.24, 2.45) is 0 Å². The molecule has 2 heterocycles. The van der Waals surface area contributed by atoms with Gasteiger partial charge >= 0.3 is 0 Å². The van der Waals surface area contributed by atoms with Gasteiger partial charge in [-0.25, -0.2) is 4.98 Å². The van der Waals surface area contributed by atoms with Crippen LogP contribution in [-0.2, 0) is 6.54 Å². The van der Waals surface area contributed by atoms with E-state index in [1.165, 1.54) is 0 Å². The Morgan fingerprint density at radius 1 is 0.933 bits per heavy atom. The van der Waals surface area contributed by atoms with Gasteiger partial charge in [0, 0.05) is 48.3 Å². The highest BCUT2D eigenvalue weighted by atomic mass is 35.5. The van der Waals surface area contributed by atoms with Crippen LogP contribution in [0.2, 0.25) is 10.0 Å². The fourth-order valence-electron chi connectivity index (χ4n) is 3.45. The van der Waals surface area contributed by atoms with Gasteiger partial charge in [0.25, 0.3) is 5.91 Å². The molecular weight excluding hydrogens is 419 g/mol. The molecule has 1 saturated heterocycles. The Morgan fingerprint density at radius 3 is 2.33 bits per heavy atom. The van der Waals surface area contributed by atoms with E-state index in [4.69, 9.17) is 23.2 Å². The molecule has 0 atom stereocenters. The van der Waals surface area contributed by atoms with Crippen LogP contribution in [0, 0.1) is 0 Å². The number of piperazine rings is 1. The molecule has 0 saturated carbocycles. The van der Waals surface area contributed by atoms with Crippen LogP contribution in [0.25, 0.3) is 0 Å². The first-order chi connectivity index (χ1) is 14.6. The maximum Gasteiger partial charge on any atom is 0.255 e. The number of aromatic nitrogens is 1. The SMILES string of the molecule is O=C(Nc1ccc(N2CCN(Cc3ccccc3Cl)CC2)nc1)c1ccc(Cl)cc1. The summed E-state index contributed by atoms with van der Waals surface area (Å²) in [5.41, 5.74) is 2.38. The van der Waals surface area contributed by atoms with Crippen LogP contribution in [0.4, 0.5) is 11.5 Å². The second-order valence-corrected chi connectivity index (χ2v) is 8.06. The molecule has 1 aliphatic heterocycles. The maximum absolute atomic E-state index is 12.3. The van der Waals surface area contributed by atoms with Crippen molar-refractivity contribution in [1.29, 1.82) is 0 Å². The Morgan fingerprint density at radius 2 is 1.67 bits per heavy atom. The Labute approximate surface area is 186 Å². The summed E-state index contributed by atoms with van der Waals surface area (Å²) < 4.78 is 0. The van der Waals surface area contributed by atoms with E-state index in [2.05, 4.69) is 26.2 Å². The fraction of sp³-hybridized carbons (Fsp3) is 0.217. The van der Waals surface area contributed by atoms with Crippen LogP contribution in [0.15, 0.2) is 66.9 Å². The van der Waals surface area contributed by atoms with E-state index < -0.39 is 0 Å². The quantitative estimate of drug-likeness (QED) is 0.608. The summed E-state index contributed by atoms with van der Waals surface area (Å²) in [6.07, 6.45) is 1.69. The maximum atomic E-state index is 12.3. The third-order valence-corrected chi connectivity index (χ3v) is 5.78. The molecule has 1 amide bonds. The zero-order valence-electron chi connectivity index (χ0n) is 16.4. The largest absolute Gasteiger partial charge is 0.354 e. The monoisotopic (exact) mass is 440 g/mol. The minimum Gasteiger partial charge on any atom is -0.354 e. The Bertz CT molecular complexity index is 1000. The van der Waals surface area contributed by atoms with E-state index >= 15 is 0 Å². The van der Waals surface area contributed by atoms with Crippen LogP contribution in [-0.4, -0.2) is 42.0 Å². The van der Waals surface area contributed by atoms with E-state index in [1.54, 1.807) is 30.5 Å². The first-order valence-corrected chi connectivity index (χ1v) is 10.6. The standard InChI is InChI=1S/C23H22Cl2N4O/c24-19-7-5-17(6-8-19)23(30)27-20-9-10-22(26-15-20)29-13-11-28(12-14-29)16-18-3-1-2-4-21(18)25/h1-10,15H,11-14,16H2,(H,27,30). The predicted octanol–water partition coefficient (Wildman–Crippen LogP) is 4.96. The molecule has 0 spiro atoms. The number of carbonyl (C=O) groups is 1. The summed E-state index contributed by atoms with van der Waals surface area (Å²) in [6, 6.07) is 18.6. The van der Waals surface area contributed by atoms with Crippen LogP contribution >= 0.6 is 23.2 Å². The van der Waals surface area contributed by atoms with Crippen molar-refractivity contribution in [3.05, 3.63) is 88.0 Å². The molecule has 1 aliphatic rings. The van der Waals surface area contributed by atoms with Gasteiger partial charge < -0.3 is 10.2 Å². The normalized spacial score (nSPS) is 14.5. The zero-order valence-corrected chi connectivity index (χ0v) is 17.9. The average Bonchev–Trinajstić information content (AvgIpc) is 2.77. The first kappa shape index (κ1) is 20.7. The molecule has 1 N–H and O–H groups in total. The molecule has 0 aliphatic carbocycles. The van der Waals surface area contributed by atoms with Crippen molar-refractivity contribution in [2.45, 2.75) is 6.54 Å². The molecule has 5 nitrogen and oxygen atoms in total. The molecule has 1 aromatic heterocycles. The highest BCUT2D eigenvalue weighted by Gasteiger charge is 2.19. The highest BCUT2D eigenvalue weighted by molar-refractivity contribution is 6.31. The molecule has 0 unspecified atom stereocenters. The lowest BCUT2D eigenvalue weighted by Crippen LogP contribution is -2.46. The minimum atomic E-state index is -0.186. The van der Waals surface area contributed by atoms with Crippen molar-refractivity contribution in [1.82, 2.24) is 9.88 Å². The van der Waals surface area contributed by atoms with Crippen LogP contribution in [0.1, 0.15) is 15.9 Å². The number of nitrogens with one attached hydrogen (secondary N) is 1. The smallest absolute Gasteiger partial charge is 0.255 e. The van der Waals surface area contributed by atoms with Gasteiger partial charge in [0.2, 0.25) is 0 Å². The first-order valence-electron chi connectivity index (χ1n) is 9.82. The Hall–Kier alpha value is -2.60. The van der Waals surface area contributed by atoms with Crippen LogP contribution < -0.4 is 10.2 Å². The van der Waals surface area contributed by atoms with E-state index in [9.17, 15) is 4.79 Å². The molecule has 1 fully saturated rings. The lowest BCUT2D eigenvalue weighted by molar-refractivity contribution is 0.102. The summed E-state index contributed by atoms with van der Waals surface area (Å²) in [7, 11) is 0. The molecular formula is C23H22Cl2N4O. The summed E-state index contributed by atoms with van der Waals surface area (Å²) in [5.74, 6) is 0.728. The number of nitrogens with zero attached hydrogens (tertiary/aromatic N) is 3. The lowest BCUT2D eigenvalue weighted by atomic mass is 10.2. The van der Waals surface area contributed by atoms with Crippen molar-refractivity contribution < 1.29 is 4.79 Å². The molecule has 7 heteroatoms. The molecule has 154 valence electrons. The van der Waals surface area contributed by atoms with Crippen molar-refractivity contribution in [2.75, 3.05) is 36.4 Å². The van der Waals surface area contributed by atoms with Gasteiger partial charge in [0.1, 0.15) is 5.82 Å². The van der Waals surface area contributed by atoms with E-state index in [1.807, 2.05) is 30.3 Å². The van der Waals surface area contributed by atoms with Gasteiger partial charge in [-0.05, 0) is 48.0 Å². The van der Waals surface area contributed by atoms with Gasteiger partial charge in [-0.15, -0.1) is 0 Å². The third kappa shape index (κ3) is 5.11. The fourth-order valence-corrected chi connectivity index (χ4v) is 3.78. The number of amides is 1. The van der Waals surface area contributed by atoms with Gasteiger partial charge in [-0.3, -0.25) is 9.69 Å². The highest BCUT2D eigenvalue weighted by Crippen LogP contribution is 2.20. The van der Waals surface area contributed by atoms with E-state index in [0.717, 1.165) is 49.1 Å². The number of hydrogen-bond acceptors (Lipinski definition) is 4. The molecule has 0 bridgehead atoms. The van der Waals surface area contributed by atoms with Gasteiger partial charge in [-0.1, -0.05) is 41.4 Å². The number of carbonyl (C=O) groups excluding carboxylic acids is 1. The predicted molar refractivity (Wildman–Crippen MR) is 123 cm³/mol. The third-order valence-electron chi connectivity index (χ3n) is 5.16. The summed E-state index contributed by atoms with van der Waals surface area (Å²) in [6.45, 7) is 4.54. The molecule has 2 aromatic carbocycles. The summed E-state index contributed by atoms with van der Waals surface area (Å²) >= 11 is 12.2. The second kappa shape index (κ2) is 9.47. The van der Waals surface area contributed by atoms with Gasteiger partial charge in [0.15, 0.2) is 0 Å². The van der Waals surface area contributed by atoms with E-state index in [0.29, 0.717) is 16.3 Å². The van der Waals surface area contributed by atoms with Gasteiger partial charge in [-0.2, -0.15) is 0 Å². The topological polar surface area (TPSA) is 48.5 Å². The van der Waals surface area contributed by atoms with Crippen molar-refractivity contribution in [3.63, 3.8) is 0 Å². The molecule has 4 rings (SSSR count). The molecule has 0 radical (unpaired) electrons. The summed E-state index contributed by atoms with van der Waals surface area (Å²) in [4.78, 5) is 21.5. The van der Waals surface area contributed by atoms with Crippen LogP contribution in [0.5, 0.6) is 0 Å². The zero-order chi connectivity index (χ0) is 20.9. The number of anilines is 2. The molecule has 30 heavy (non-hydrogen) atoms. The Balaban J connectivity index is 1.31. The Kier molecular flexibility index (Phi) is 6.53. The second-order valence-electron chi connectivity index (χ2n) is 7.22. The lowest BCUT2D eigenvalue weighted by Gasteiger charge is -2.35. The number of rotatable bonds is 5. The van der Waals surface area contributed by atoms with Crippen molar-refractivity contribution >= 4 is 40.6 Å². The number of benzene rings is 2. The molecule has 3 aromatic rings. The van der Waals surface area contributed by atoms with Crippen LogP contribution in [0.3, 0.4) is 0 Å². The average molecular weight is 441 g/mol. The number of pyridine rings is 1. The minimum absolute atomic E-state index is 0.186. The summed E-state index contributed by atoms with van der Waals surface area (Å²) in [5, 5.41) is 4.28.